The van der Waals surface area contributed by atoms with Gasteiger partial charge in [0.05, 0.1) is 4.90 Å². The zero-order valence-electron chi connectivity index (χ0n) is 14.3. The average molecular weight is 437 g/mol. The van der Waals surface area contributed by atoms with Crippen LogP contribution in [-0.4, -0.2) is 20.9 Å². The van der Waals surface area contributed by atoms with E-state index in [0.29, 0.717) is 4.47 Å². The van der Waals surface area contributed by atoms with Crippen molar-refractivity contribution in [2.45, 2.75) is 37.0 Å². The van der Waals surface area contributed by atoms with Crippen LogP contribution < -0.4 is 10.0 Å². The lowest BCUT2D eigenvalue weighted by molar-refractivity contribution is -0.116. The van der Waals surface area contributed by atoms with Crippen molar-refractivity contribution in [2.75, 3.05) is 11.9 Å². The van der Waals surface area contributed by atoms with Crippen LogP contribution in [0.5, 0.6) is 0 Å². The van der Waals surface area contributed by atoms with Gasteiger partial charge in [0.25, 0.3) is 0 Å². The lowest BCUT2D eigenvalue weighted by Crippen LogP contribution is -2.28. The lowest BCUT2D eigenvalue weighted by atomic mass is 9.90. The molecule has 1 amide bonds. The average Bonchev–Trinajstić information content (AvgIpc) is 2.62. The Kier molecular flexibility index (Phi) is 6.11. The highest BCUT2D eigenvalue weighted by Crippen LogP contribution is 2.27. The molecule has 2 aromatic carbocycles. The zero-order valence-corrected chi connectivity index (χ0v) is 16.7. The van der Waals surface area contributed by atoms with E-state index in [-0.39, 0.29) is 23.8 Å². The summed E-state index contributed by atoms with van der Waals surface area (Å²) < 4.78 is 27.7. The summed E-state index contributed by atoms with van der Waals surface area (Å²) in [4.78, 5) is 12.4. The SMILES string of the molecule is O=C(CCNS(=O)(=O)c1cccc(Br)c1)Nc1cccc2c1CCCC2. The van der Waals surface area contributed by atoms with Crippen LogP contribution in [0.3, 0.4) is 0 Å². The molecular formula is C19H21BrN2O3S. The third-order valence-electron chi connectivity index (χ3n) is 4.42. The number of hydrogen-bond acceptors (Lipinski definition) is 3. The summed E-state index contributed by atoms with van der Waals surface area (Å²) in [7, 11) is -3.63. The van der Waals surface area contributed by atoms with Gasteiger partial charge in [0.15, 0.2) is 0 Å². The number of carbonyl (C=O) groups excluding carboxylic acids is 1. The van der Waals surface area contributed by atoms with Gasteiger partial charge in [-0.2, -0.15) is 0 Å². The van der Waals surface area contributed by atoms with Crippen LogP contribution in [0.15, 0.2) is 51.8 Å². The molecule has 0 aliphatic heterocycles. The van der Waals surface area contributed by atoms with Gasteiger partial charge in [-0.1, -0.05) is 34.1 Å². The molecule has 0 bridgehead atoms. The summed E-state index contributed by atoms with van der Waals surface area (Å²) >= 11 is 3.26. The second-order valence-corrected chi connectivity index (χ2v) is 8.99. The number of amides is 1. The number of anilines is 1. The second kappa shape index (κ2) is 8.33. The van der Waals surface area contributed by atoms with E-state index in [1.165, 1.54) is 29.7 Å². The highest BCUT2D eigenvalue weighted by atomic mass is 79.9. The van der Waals surface area contributed by atoms with Crippen molar-refractivity contribution >= 4 is 37.5 Å². The summed E-state index contributed by atoms with van der Waals surface area (Å²) in [5, 5.41) is 2.92. The molecule has 1 aliphatic carbocycles. The van der Waals surface area contributed by atoms with Gasteiger partial charge in [-0.05, 0) is 61.1 Å². The molecule has 0 heterocycles. The Morgan fingerprint density at radius 1 is 1.08 bits per heavy atom. The molecule has 7 heteroatoms. The van der Waals surface area contributed by atoms with Crippen molar-refractivity contribution in [3.63, 3.8) is 0 Å². The van der Waals surface area contributed by atoms with E-state index in [4.69, 9.17) is 0 Å². The molecule has 0 fully saturated rings. The fourth-order valence-corrected chi connectivity index (χ4v) is 4.76. The Balaban J connectivity index is 1.57. The fourth-order valence-electron chi connectivity index (χ4n) is 3.13. The van der Waals surface area contributed by atoms with Crippen LogP contribution in [-0.2, 0) is 27.7 Å². The Labute approximate surface area is 162 Å². The predicted octanol–water partition coefficient (Wildman–Crippen LogP) is 3.64. The third kappa shape index (κ3) is 4.72. The molecule has 0 spiro atoms. The normalized spacial score (nSPS) is 13.9. The van der Waals surface area contributed by atoms with Crippen LogP contribution >= 0.6 is 15.9 Å². The molecule has 5 nitrogen and oxygen atoms in total. The number of nitrogens with one attached hydrogen (secondary N) is 2. The van der Waals surface area contributed by atoms with E-state index in [1.54, 1.807) is 12.1 Å². The van der Waals surface area contributed by atoms with E-state index in [9.17, 15) is 13.2 Å². The number of carbonyl (C=O) groups is 1. The Hall–Kier alpha value is -1.70. The number of hydrogen-bond donors (Lipinski definition) is 2. The van der Waals surface area contributed by atoms with E-state index in [1.807, 2.05) is 12.1 Å². The number of rotatable bonds is 6. The third-order valence-corrected chi connectivity index (χ3v) is 6.37. The molecule has 0 atom stereocenters. The highest BCUT2D eigenvalue weighted by molar-refractivity contribution is 9.10. The maximum atomic E-state index is 12.3. The molecule has 2 N–H and O–H groups in total. The van der Waals surface area contributed by atoms with Crippen molar-refractivity contribution in [3.8, 4) is 0 Å². The van der Waals surface area contributed by atoms with Crippen LogP contribution in [0.2, 0.25) is 0 Å². The molecule has 0 radical (unpaired) electrons. The predicted molar refractivity (Wildman–Crippen MR) is 106 cm³/mol. The largest absolute Gasteiger partial charge is 0.326 e. The first-order valence-corrected chi connectivity index (χ1v) is 10.9. The molecule has 0 saturated carbocycles. The zero-order chi connectivity index (χ0) is 18.6. The fraction of sp³-hybridized carbons (Fsp3) is 0.316. The molecule has 2 aromatic rings. The van der Waals surface area contributed by atoms with E-state index in [0.717, 1.165) is 24.9 Å². The van der Waals surface area contributed by atoms with Gasteiger partial charge in [0.1, 0.15) is 0 Å². The van der Waals surface area contributed by atoms with Gasteiger partial charge in [-0.25, -0.2) is 13.1 Å². The topological polar surface area (TPSA) is 75.3 Å². The molecule has 26 heavy (non-hydrogen) atoms. The standard InChI is InChI=1S/C19H21BrN2O3S/c20-15-7-4-8-16(13-15)26(24,25)21-12-11-19(23)22-18-10-3-6-14-5-1-2-9-17(14)18/h3-4,6-8,10,13,21H,1-2,5,9,11-12H2,(H,22,23). The van der Waals surface area contributed by atoms with Crippen molar-refractivity contribution in [1.82, 2.24) is 4.72 Å². The Morgan fingerprint density at radius 3 is 2.65 bits per heavy atom. The smallest absolute Gasteiger partial charge is 0.240 e. The van der Waals surface area contributed by atoms with Crippen LogP contribution in [0, 0.1) is 0 Å². The monoisotopic (exact) mass is 436 g/mol. The summed E-state index contributed by atoms with van der Waals surface area (Å²) in [5.41, 5.74) is 3.35. The van der Waals surface area contributed by atoms with Gasteiger partial charge in [0, 0.05) is 23.1 Å². The highest BCUT2D eigenvalue weighted by Gasteiger charge is 2.16. The van der Waals surface area contributed by atoms with Gasteiger partial charge < -0.3 is 5.32 Å². The Morgan fingerprint density at radius 2 is 1.85 bits per heavy atom. The van der Waals surface area contributed by atoms with Gasteiger partial charge in [0.2, 0.25) is 15.9 Å². The van der Waals surface area contributed by atoms with Crippen LogP contribution in [0.25, 0.3) is 0 Å². The van der Waals surface area contributed by atoms with Crippen LogP contribution in [0.1, 0.15) is 30.4 Å². The first kappa shape index (κ1) is 19.1. The van der Waals surface area contributed by atoms with Crippen molar-refractivity contribution in [3.05, 3.63) is 58.1 Å². The first-order chi connectivity index (χ1) is 12.5. The number of sulfonamides is 1. The van der Waals surface area contributed by atoms with Crippen molar-refractivity contribution < 1.29 is 13.2 Å². The molecular weight excluding hydrogens is 416 g/mol. The minimum atomic E-state index is -3.63. The van der Waals surface area contributed by atoms with Crippen LogP contribution in [0.4, 0.5) is 5.69 Å². The van der Waals surface area contributed by atoms with Crippen molar-refractivity contribution in [1.29, 1.82) is 0 Å². The maximum absolute atomic E-state index is 12.3. The summed E-state index contributed by atoms with van der Waals surface area (Å²) in [5.74, 6) is -0.194. The second-order valence-electron chi connectivity index (χ2n) is 6.30. The maximum Gasteiger partial charge on any atom is 0.240 e. The number of benzene rings is 2. The van der Waals surface area contributed by atoms with Crippen molar-refractivity contribution in [2.24, 2.45) is 0 Å². The molecule has 0 aromatic heterocycles. The quantitative estimate of drug-likeness (QED) is 0.725. The summed E-state index contributed by atoms with van der Waals surface area (Å²) in [6, 6.07) is 12.4. The lowest BCUT2D eigenvalue weighted by Gasteiger charge is -2.19. The minimum Gasteiger partial charge on any atom is -0.326 e. The molecule has 1 aliphatic rings. The van der Waals surface area contributed by atoms with E-state index in [2.05, 4.69) is 32.0 Å². The van der Waals surface area contributed by atoms with E-state index >= 15 is 0 Å². The summed E-state index contributed by atoms with van der Waals surface area (Å²) in [6.07, 6.45) is 4.41. The number of fused-ring (bicyclic) bond motifs is 1. The first-order valence-electron chi connectivity index (χ1n) is 8.61. The Bertz CT molecular complexity index is 913. The van der Waals surface area contributed by atoms with Gasteiger partial charge in [-0.3, -0.25) is 4.79 Å². The molecule has 0 saturated heterocycles. The number of aryl methyl sites for hydroxylation is 1. The summed E-state index contributed by atoms with van der Waals surface area (Å²) in [6.45, 7) is 0.0513. The number of halogens is 1. The molecule has 3 rings (SSSR count). The molecule has 138 valence electrons. The van der Waals surface area contributed by atoms with Gasteiger partial charge in [-0.15, -0.1) is 0 Å². The molecule has 0 unspecified atom stereocenters. The minimum absolute atomic E-state index is 0.0513. The van der Waals surface area contributed by atoms with E-state index < -0.39 is 10.0 Å². The van der Waals surface area contributed by atoms with Gasteiger partial charge >= 0.3 is 0 Å².